The highest BCUT2D eigenvalue weighted by Gasteiger charge is 2.27. The second kappa shape index (κ2) is 19.8. The summed E-state index contributed by atoms with van der Waals surface area (Å²) in [4.78, 5) is 27.2. The summed E-state index contributed by atoms with van der Waals surface area (Å²) < 4.78 is 27.5. The molecule has 2 rings (SSSR count). The molecule has 1 heterocycles. The standard InChI is InChI=1S/C32H46N2O8S/c1-6-8-12-24(22-43)23(3)20-34(21-30(36)42-31-14-9-10-16-41-31)32(37)25-18-27(38-4)28(19-26(25)33-15-7-2)40-17-11-13-29(35)39-5/h6-8,12,18-19,30-31,33,36,43H,1-2,9-11,13-17,20-22H2,3-5H3/b12-8-,24-23-. The van der Waals surface area contributed by atoms with E-state index in [4.69, 9.17) is 18.9 Å². The fraction of sp³-hybridized carbons (Fsp3) is 0.500. The minimum Gasteiger partial charge on any atom is -0.493 e. The van der Waals surface area contributed by atoms with Crippen molar-refractivity contribution in [3.05, 3.63) is 66.3 Å². The first-order valence-corrected chi connectivity index (χ1v) is 15.0. The molecule has 1 amide bonds. The van der Waals surface area contributed by atoms with Gasteiger partial charge in [0.2, 0.25) is 0 Å². The van der Waals surface area contributed by atoms with Crippen LogP contribution < -0.4 is 14.8 Å². The molecule has 2 N–H and O–H groups in total. The zero-order valence-electron chi connectivity index (χ0n) is 25.5. The molecule has 10 nitrogen and oxygen atoms in total. The van der Waals surface area contributed by atoms with Crippen LogP contribution in [0.3, 0.4) is 0 Å². The molecule has 0 radical (unpaired) electrons. The second-order valence-electron chi connectivity index (χ2n) is 9.88. The molecule has 2 atom stereocenters. The third-order valence-corrected chi connectivity index (χ3v) is 7.01. The molecule has 1 aromatic carbocycles. The Balaban J connectivity index is 2.43. The van der Waals surface area contributed by atoms with Gasteiger partial charge in [-0.15, -0.1) is 6.58 Å². The summed E-state index contributed by atoms with van der Waals surface area (Å²) >= 11 is 4.46. The topological polar surface area (TPSA) is 116 Å². The van der Waals surface area contributed by atoms with Crippen molar-refractivity contribution < 1.29 is 38.4 Å². The lowest BCUT2D eigenvalue weighted by atomic mass is 10.1. The minimum atomic E-state index is -1.27. The number of rotatable bonds is 19. The van der Waals surface area contributed by atoms with E-state index in [1.165, 1.54) is 19.1 Å². The number of allylic oxidation sites excluding steroid dienone is 3. The third-order valence-electron chi connectivity index (χ3n) is 6.67. The number of ether oxygens (including phenoxy) is 5. The maximum absolute atomic E-state index is 14.2. The Hall–Kier alpha value is -3.25. The summed E-state index contributed by atoms with van der Waals surface area (Å²) in [7, 11) is 2.82. The lowest BCUT2D eigenvalue weighted by molar-refractivity contribution is -0.241. The Labute approximate surface area is 260 Å². The van der Waals surface area contributed by atoms with Crippen molar-refractivity contribution in [1.82, 2.24) is 4.90 Å². The first-order chi connectivity index (χ1) is 20.8. The maximum atomic E-state index is 14.2. The Bertz CT molecular complexity index is 1130. The van der Waals surface area contributed by atoms with Crippen molar-refractivity contribution in [2.75, 3.05) is 58.1 Å². The monoisotopic (exact) mass is 618 g/mol. The number of amides is 1. The fourth-order valence-corrected chi connectivity index (χ4v) is 4.73. The first-order valence-electron chi connectivity index (χ1n) is 14.4. The van der Waals surface area contributed by atoms with Gasteiger partial charge in [0.05, 0.1) is 38.6 Å². The van der Waals surface area contributed by atoms with Gasteiger partial charge in [0.1, 0.15) is 0 Å². The Morgan fingerprint density at radius 3 is 2.67 bits per heavy atom. The molecule has 1 aliphatic heterocycles. The number of carbonyl (C=O) groups is 2. The second-order valence-corrected chi connectivity index (χ2v) is 10.2. The summed E-state index contributed by atoms with van der Waals surface area (Å²) in [6.45, 7) is 10.7. The number of hydrogen-bond acceptors (Lipinski definition) is 10. The molecule has 0 aromatic heterocycles. The van der Waals surface area contributed by atoms with Gasteiger partial charge in [-0.1, -0.05) is 30.9 Å². The van der Waals surface area contributed by atoms with Gasteiger partial charge in [0.15, 0.2) is 24.1 Å². The van der Waals surface area contributed by atoms with Crippen LogP contribution in [0.25, 0.3) is 0 Å². The van der Waals surface area contributed by atoms with Gasteiger partial charge in [-0.05, 0) is 49.8 Å². The molecule has 1 aromatic rings. The number of benzene rings is 1. The van der Waals surface area contributed by atoms with Gasteiger partial charge in [-0.2, -0.15) is 12.6 Å². The number of thiol groups is 1. The van der Waals surface area contributed by atoms with E-state index in [-0.39, 0.29) is 38.0 Å². The van der Waals surface area contributed by atoms with Crippen LogP contribution in [0, 0.1) is 0 Å². The van der Waals surface area contributed by atoms with E-state index in [0.717, 1.165) is 24.0 Å². The number of carbonyl (C=O) groups excluding carboxylic acids is 2. The van der Waals surface area contributed by atoms with Crippen LogP contribution in [0.2, 0.25) is 0 Å². The van der Waals surface area contributed by atoms with E-state index >= 15 is 0 Å². The minimum absolute atomic E-state index is 0.101. The molecule has 11 heteroatoms. The zero-order valence-corrected chi connectivity index (χ0v) is 26.4. The molecule has 43 heavy (non-hydrogen) atoms. The highest BCUT2D eigenvalue weighted by Crippen LogP contribution is 2.35. The van der Waals surface area contributed by atoms with Gasteiger partial charge in [0.25, 0.3) is 5.91 Å². The van der Waals surface area contributed by atoms with Gasteiger partial charge >= 0.3 is 5.97 Å². The Morgan fingerprint density at radius 1 is 1.26 bits per heavy atom. The molecular formula is C32H46N2O8S. The third kappa shape index (κ3) is 12.1. The molecular weight excluding hydrogens is 572 g/mol. The smallest absolute Gasteiger partial charge is 0.305 e. The highest BCUT2D eigenvalue weighted by molar-refractivity contribution is 7.80. The van der Waals surface area contributed by atoms with E-state index in [1.807, 2.05) is 19.1 Å². The molecule has 2 unspecified atom stereocenters. The van der Waals surface area contributed by atoms with Crippen LogP contribution in [0.4, 0.5) is 5.69 Å². The number of nitrogens with one attached hydrogen (secondary N) is 1. The zero-order chi connectivity index (χ0) is 31.6. The van der Waals surface area contributed by atoms with Gasteiger partial charge in [-0.25, -0.2) is 0 Å². The van der Waals surface area contributed by atoms with E-state index < -0.39 is 12.6 Å². The summed E-state index contributed by atoms with van der Waals surface area (Å²) in [6, 6.07) is 3.29. The molecule has 0 bridgehead atoms. The molecule has 0 aliphatic carbocycles. The molecule has 1 fully saturated rings. The predicted molar refractivity (Wildman–Crippen MR) is 171 cm³/mol. The van der Waals surface area contributed by atoms with Gasteiger partial charge < -0.3 is 39.0 Å². The molecule has 1 aliphatic rings. The normalized spacial score (nSPS) is 16.2. The number of aliphatic hydroxyl groups excluding tert-OH is 1. The van der Waals surface area contributed by atoms with Crippen LogP contribution in [-0.2, 0) is 19.0 Å². The van der Waals surface area contributed by atoms with Crippen LogP contribution in [-0.4, -0.2) is 87.3 Å². The average molecular weight is 619 g/mol. The van der Waals surface area contributed by atoms with E-state index in [0.29, 0.717) is 54.5 Å². The predicted octanol–water partition coefficient (Wildman–Crippen LogP) is 4.92. The summed E-state index contributed by atoms with van der Waals surface area (Å²) in [5.41, 5.74) is 2.61. The fourth-order valence-electron chi connectivity index (χ4n) is 4.36. The number of anilines is 1. The molecule has 1 saturated heterocycles. The summed E-state index contributed by atoms with van der Waals surface area (Å²) in [5.74, 6) is 0.518. The van der Waals surface area contributed by atoms with Gasteiger partial charge in [-0.3, -0.25) is 9.59 Å². The van der Waals surface area contributed by atoms with Crippen LogP contribution in [0.5, 0.6) is 11.5 Å². The number of nitrogens with zero attached hydrogens (tertiary/aromatic N) is 1. The van der Waals surface area contributed by atoms with Crippen molar-refractivity contribution in [3.63, 3.8) is 0 Å². The van der Waals surface area contributed by atoms with E-state index in [2.05, 4.69) is 35.8 Å². The van der Waals surface area contributed by atoms with Crippen molar-refractivity contribution >= 4 is 30.2 Å². The number of hydrogen-bond donors (Lipinski definition) is 3. The lowest BCUT2D eigenvalue weighted by Gasteiger charge is -2.30. The van der Waals surface area contributed by atoms with Gasteiger partial charge in [0, 0.05) is 37.9 Å². The molecule has 0 saturated carbocycles. The summed E-state index contributed by atoms with van der Waals surface area (Å²) in [5, 5.41) is 14.1. The highest BCUT2D eigenvalue weighted by atomic mass is 32.1. The molecule has 238 valence electrons. The lowest BCUT2D eigenvalue weighted by Crippen LogP contribution is -2.42. The summed E-state index contributed by atoms with van der Waals surface area (Å²) in [6.07, 6.45) is 8.48. The van der Waals surface area contributed by atoms with E-state index in [1.54, 1.807) is 24.3 Å². The van der Waals surface area contributed by atoms with Crippen molar-refractivity contribution in [3.8, 4) is 11.5 Å². The Morgan fingerprint density at radius 2 is 2.05 bits per heavy atom. The van der Waals surface area contributed by atoms with Crippen molar-refractivity contribution in [2.45, 2.75) is 51.6 Å². The maximum Gasteiger partial charge on any atom is 0.305 e. The number of methoxy groups -OCH3 is 2. The largest absolute Gasteiger partial charge is 0.493 e. The van der Waals surface area contributed by atoms with Crippen LogP contribution >= 0.6 is 12.6 Å². The van der Waals surface area contributed by atoms with Crippen molar-refractivity contribution in [2.24, 2.45) is 0 Å². The first kappa shape index (κ1) is 35.9. The van der Waals surface area contributed by atoms with Crippen LogP contribution in [0.15, 0.2) is 60.7 Å². The Kier molecular flexibility index (Phi) is 16.6. The number of esters is 1. The average Bonchev–Trinajstić information content (AvgIpc) is 3.01. The number of aliphatic hydroxyl groups is 1. The van der Waals surface area contributed by atoms with Crippen molar-refractivity contribution in [1.29, 1.82) is 0 Å². The SMILES string of the molecule is C=C/C=C\C(CS)=C(/C)CN(CC(O)OC1CCCCO1)C(=O)c1cc(OC)c(OCCCC(=O)OC)cc1NCC=C. The molecule has 0 spiro atoms. The van der Waals surface area contributed by atoms with E-state index in [9.17, 15) is 14.7 Å². The quantitative estimate of drug-likeness (QED) is 0.0496. The van der Waals surface area contributed by atoms with Crippen LogP contribution in [0.1, 0.15) is 49.4 Å².